The number of nitrogens with one attached hydrogen (secondary N) is 4. The maximum atomic E-state index is 13.5. The number of anilines is 4. The number of ketones is 2. The Morgan fingerprint density at radius 3 is 1.38 bits per heavy atom. The van der Waals surface area contributed by atoms with Gasteiger partial charge in [0.2, 0.25) is 12.1 Å². The van der Waals surface area contributed by atoms with E-state index >= 15 is 0 Å². The number of alkyl halides is 1. The molecular weight excluding hydrogens is 977 g/mol. The van der Waals surface area contributed by atoms with Crippen LogP contribution < -0.4 is 26.0 Å². The van der Waals surface area contributed by atoms with Crippen molar-refractivity contribution >= 4 is 151 Å². The zero-order valence-corrected chi connectivity index (χ0v) is 38.5. The summed E-state index contributed by atoms with van der Waals surface area (Å²) in [4.78, 5) is 78.2. The van der Waals surface area contributed by atoms with Gasteiger partial charge in [-0.1, -0.05) is 93.3 Å². The Hall–Kier alpha value is -5.65. The molecule has 4 amide bonds. The van der Waals surface area contributed by atoms with Crippen molar-refractivity contribution in [3.63, 3.8) is 0 Å². The Labute approximate surface area is 399 Å². The number of hydrogen-bond donors (Lipinski definition) is 4. The van der Waals surface area contributed by atoms with Crippen LogP contribution >= 0.6 is 81.2 Å². The number of amides is 4. The van der Waals surface area contributed by atoms with Crippen LogP contribution in [-0.2, 0) is 19.2 Å². The first-order chi connectivity index (χ1) is 30.3. The number of azo groups is 2. The predicted octanol–water partition coefficient (Wildman–Crippen LogP) is 12.4. The zero-order valence-electron chi connectivity index (χ0n) is 33.2. The molecule has 64 heavy (non-hydrogen) atoms. The van der Waals surface area contributed by atoms with Gasteiger partial charge >= 0.3 is 0 Å². The summed E-state index contributed by atoms with van der Waals surface area (Å²) >= 11 is 43.3. The van der Waals surface area contributed by atoms with Crippen LogP contribution in [0.4, 0.5) is 34.1 Å². The first-order valence-corrected chi connectivity index (χ1v) is 21.0. The fourth-order valence-corrected chi connectivity index (χ4v) is 6.94. The van der Waals surface area contributed by atoms with E-state index in [9.17, 15) is 28.8 Å². The Balaban J connectivity index is 1.30. The van der Waals surface area contributed by atoms with E-state index in [4.69, 9.17) is 85.9 Å². The third-order valence-electron chi connectivity index (χ3n) is 8.33. The van der Waals surface area contributed by atoms with E-state index in [1.54, 1.807) is 36.4 Å². The van der Waals surface area contributed by atoms with Crippen LogP contribution in [0.2, 0.25) is 30.1 Å². The van der Waals surface area contributed by atoms with E-state index in [-0.39, 0.29) is 81.1 Å². The van der Waals surface area contributed by atoms with Crippen LogP contribution in [0.3, 0.4) is 0 Å². The normalized spacial score (nSPS) is 12.6. The Kier molecular flexibility index (Phi) is 17.2. The third kappa shape index (κ3) is 13.4. The number of Topliss-reactive ketones (excluding diaryl/α,β-unsaturated/α-hetero) is 2. The van der Waals surface area contributed by atoms with Gasteiger partial charge in [-0.15, -0.1) is 0 Å². The third-order valence-corrected chi connectivity index (χ3v) is 10.1. The molecule has 0 radical (unpaired) electrons. The van der Waals surface area contributed by atoms with Crippen molar-refractivity contribution in [2.45, 2.75) is 38.4 Å². The van der Waals surface area contributed by atoms with Crippen molar-refractivity contribution in [2.24, 2.45) is 20.5 Å². The molecule has 4 N–H and O–H groups in total. The minimum Gasteiger partial charge on any atom is -0.473 e. The van der Waals surface area contributed by atoms with Crippen molar-refractivity contribution in [3.8, 4) is 5.75 Å². The van der Waals surface area contributed by atoms with E-state index in [1.165, 1.54) is 61.5 Å². The van der Waals surface area contributed by atoms with Gasteiger partial charge in [-0.25, -0.2) is 0 Å². The Bertz CT molecular complexity index is 2690. The summed E-state index contributed by atoms with van der Waals surface area (Å²) in [6.07, 6.45) is 0. The Morgan fingerprint density at radius 2 is 0.969 bits per heavy atom. The number of carbonyl (C=O) groups is 6. The topological polar surface area (TPSA) is 209 Å². The van der Waals surface area contributed by atoms with Crippen molar-refractivity contribution in [3.05, 3.63) is 132 Å². The molecule has 0 aliphatic rings. The number of rotatable bonds is 16. The van der Waals surface area contributed by atoms with Gasteiger partial charge in [0.05, 0.1) is 48.5 Å². The summed E-state index contributed by atoms with van der Waals surface area (Å²) in [6, 6.07) is 18.1. The number of benzene rings is 5. The van der Waals surface area contributed by atoms with Gasteiger partial charge < -0.3 is 26.0 Å². The number of nitrogens with zero attached hydrogens (tertiary/aromatic N) is 4. The molecule has 0 saturated carbocycles. The average Bonchev–Trinajstić information content (AvgIpc) is 3.21. The van der Waals surface area contributed by atoms with Crippen LogP contribution in [0, 0.1) is 0 Å². The lowest BCUT2D eigenvalue weighted by molar-refractivity contribution is -0.127. The lowest BCUT2D eigenvalue weighted by Crippen LogP contribution is -2.32. The van der Waals surface area contributed by atoms with Crippen molar-refractivity contribution < 1.29 is 33.5 Å². The van der Waals surface area contributed by atoms with Crippen molar-refractivity contribution in [2.75, 3.05) is 21.3 Å². The fraction of sp³-hybridized carbons (Fsp3) is 0.143. The highest BCUT2D eigenvalue weighted by molar-refractivity contribution is 6.41. The maximum Gasteiger partial charge on any atom is 0.258 e. The molecule has 22 heteroatoms. The largest absolute Gasteiger partial charge is 0.473 e. The lowest BCUT2D eigenvalue weighted by Gasteiger charge is -2.17. The Morgan fingerprint density at radius 1 is 0.547 bits per heavy atom. The average molecular weight is 1010 g/mol. The van der Waals surface area contributed by atoms with Gasteiger partial charge in [0.1, 0.15) is 5.75 Å². The molecule has 5 rings (SSSR count). The molecule has 330 valence electrons. The van der Waals surface area contributed by atoms with Crippen molar-refractivity contribution in [1.29, 1.82) is 0 Å². The molecule has 3 atom stereocenters. The molecule has 0 fully saturated rings. The second-order valence-electron chi connectivity index (χ2n) is 13.3. The van der Waals surface area contributed by atoms with E-state index in [0.717, 1.165) is 13.8 Å². The lowest BCUT2D eigenvalue weighted by atomic mass is 10.1. The molecule has 0 aliphatic carbocycles. The summed E-state index contributed by atoms with van der Waals surface area (Å²) in [5.74, 6) is -4.54. The predicted molar refractivity (Wildman–Crippen MR) is 249 cm³/mol. The number of para-hydroxylation sites is 2. The molecule has 3 unspecified atom stereocenters. The molecule has 0 heterocycles. The van der Waals surface area contributed by atoms with E-state index < -0.39 is 52.8 Å². The van der Waals surface area contributed by atoms with Gasteiger partial charge in [-0.05, 0) is 93.6 Å². The van der Waals surface area contributed by atoms with E-state index in [0.29, 0.717) is 0 Å². The minimum absolute atomic E-state index is 0.0114. The van der Waals surface area contributed by atoms with Crippen LogP contribution in [0.15, 0.2) is 111 Å². The number of hydrogen-bond acceptors (Lipinski definition) is 11. The highest BCUT2D eigenvalue weighted by Gasteiger charge is 2.27. The smallest absolute Gasteiger partial charge is 0.258 e. The van der Waals surface area contributed by atoms with Crippen LogP contribution in [0.1, 0.15) is 41.5 Å². The second kappa shape index (κ2) is 22.3. The summed E-state index contributed by atoms with van der Waals surface area (Å²) in [7, 11) is 0. The van der Waals surface area contributed by atoms with Gasteiger partial charge in [0, 0.05) is 32.9 Å². The van der Waals surface area contributed by atoms with Crippen LogP contribution in [0.5, 0.6) is 5.75 Å². The quantitative estimate of drug-likeness (QED) is 0.0426. The summed E-state index contributed by atoms with van der Waals surface area (Å²) in [6.45, 7) is 3.73. The molecule has 15 nitrogen and oxygen atoms in total. The molecule has 5 aromatic carbocycles. The van der Waals surface area contributed by atoms with Crippen LogP contribution in [0.25, 0.3) is 0 Å². The van der Waals surface area contributed by atoms with Gasteiger partial charge in [-0.3, -0.25) is 28.8 Å². The number of carbonyl (C=O) groups excluding carboxylic acids is 6. The summed E-state index contributed by atoms with van der Waals surface area (Å²) in [5.41, 5.74) is -0.356. The van der Waals surface area contributed by atoms with Gasteiger partial charge in [0.15, 0.2) is 17.1 Å². The number of ether oxygens (including phenoxy) is 1. The molecule has 0 saturated heterocycles. The molecule has 5 aromatic rings. The second-order valence-corrected chi connectivity index (χ2v) is 16.4. The standard InChI is InChI=1S/C42H31Cl7N8O7/c1-19(58)35(56-54-27-14-22(12-24(44)16-27)39(60)52-37-29(46)6-4-7-30(37)47)41(62)50-26-10-11-33(34(18-26)64-21(3)43)51-42(63)36(20(2)59)57-55-28-15-23(13-25(45)17-28)40(61)53-38-31(48)8-5-9-32(38)49/h4-18,21,35-36H,1-3H3,(H,50,62)(H,51,63)(H,52,60)(H,53,61). The van der Waals surface area contributed by atoms with Gasteiger partial charge in [0.25, 0.3) is 23.6 Å². The molecular formula is C42H31Cl7N8O7. The maximum absolute atomic E-state index is 13.5. The summed E-state index contributed by atoms with van der Waals surface area (Å²) in [5, 5.41) is 27.1. The SMILES string of the molecule is CC(=O)C(N=Nc1cc(Cl)cc(C(=O)Nc2c(Cl)cccc2Cl)c1)C(=O)Nc1ccc(NC(=O)C(N=Nc2cc(Cl)cc(C(=O)Nc3c(Cl)cccc3Cl)c2)C(C)=O)c(OC(C)Cl)c1. The molecule has 0 spiro atoms. The highest BCUT2D eigenvalue weighted by Crippen LogP contribution is 2.34. The summed E-state index contributed by atoms with van der Waals surface area (Å²) < 4.78 is 5.67. The van der Waals surface area contributed by atoms with Crippen molar-refractivity contribution in [1.82, 2.24) is 0 Å². The molecule has 0 aromatic heterocycles. The minimum atomic E-state index is -1.69. The zero-order chi connectivity index (χ0) is 46.8. The first-order valence-electron chi connectivity index (χ1n) is 18.3. The monoisotopic (exact) mass is 1000 g/mol. The van der Waals surface area contributed by atoms with E-state index in [2.05, 4.69) is 41.7 Å². The first kappa shape index (κ1) is 49.4. The molecule has 0 bridgehead atoms. The van der Waals surface area contributed by atoms with E-state index in [1.807, 2.05) is 0 Å². The molecule has 0 aliphatic heterocycles. The number of halogens is 7. The van der Waals surface area contributed by atoms with Gasteiger partial charge in [-0.2, -0.15) is 20.5 Å². The highest BCUT2D eigenvalue weighted by atomic mass is 35.5. The van der Waals surface area contributed by atoms with Crippen LogP contribution in [-0.4, -0.2) is 52.8 Å². The fourth-order valence-electron chi connectivity index (χ4n) is 5.40.